The van der Waals surface area contributed by atoms with Gasteiger partial charge in [-0.2, -0.15) is 4.98 Å². The third-order valence-corrected chi connectivity index (χ3v) is 2.96. The van der Waals surface area contributed by atoms with E-state index in [0.717, 1.165) is 32.1 Å². The van der Waals surface area contributed by atoms with Gasteiger partial charge in [0.2, 0.25) is 11.9 Å². The first-order chi connectivity index (χ1) is 9.20. The third kappa shape index (κ3) is 3.50. The smallest absolute Gasteiger partial charge is 0.239 e. The fraction of sp³-hybridized carbons (Fsp3) is 0.545. The molecule has 0 saturated carbocycles. The van der Waals surface area contributed by atoms with Gasteiger partial charge in [-0.3, -0.25) is 10.2 Å². The molecule has 0 aromatic carbocycles. The second-order valence-electron chi connectivity index (χ2n) is 4.30. The van der Waals surface area contributed by atoms with Crippen LogP contribution in [0.4, 0.5) is 16.2 Å². The third-order valence-electron chi connectivity index (χ3n) is 2.96. The van der Waals surface area contributed by atoms with Crippen molar-refractivity contribution in [1.82, 2.24) is 14.9 Å². The average Bonchev–Trinajstić information content (AvgIpc) is 2.95. The fourth-order valence-electron chi connectivity index (χ4n) is 1.97. The van der Waals surface area contributed by atoms with E-state index in [2.05, 4.69) is 20.7 Å². The largest absolute Gasteiger partial charge is 0.367 e. The summed E-state index contributed by atoms with van der Waals surface area (Å²) in [5, 5.41) is 2.77. The van der Waals surface area contributed by atoms with Gasteiger partial charge in [-0.15, -0.1) is 0 Å². The summed E-state index contributed by atoms with van der Waals surface area (Å²) >= 11 is 0. The van der Waals surface area contributed by atoms with Crippen LogP contribution in [0.2, 0.25) is 0 Å². The number of aromatic nitrogens is 2. The number of halogens is 1. The Bertz CT molecular complexity index is 449. The van der Waals surface area contributed by atoms with Crippen LogP contribution in [0.5, 0.6) is 0 Å². The normalized spacial score (nSPS) is 14.5. The maximum atomic E-state index is 13.4. The number of amides is 1. The van der Waals surface area contributed by atoms with Crippen LogP contribution in [0, 0.1) is 5.82 Å². The standard InChI is InChI=1S/C11H17FN6O/c12-8-7-15-11(17-13)16-10(8)14-4-3-9(19)18-5-1-2-6-18/h7H,1-6,13H2,(H2,14,15,16,17). The Hall–Kier alpha value is -1.96. The Morgan fingerprint density at radius 2 is 2.21 bits per heavy atom. The molecular weight excluding hydrogens is 251 g/mol. The molecule has 1 aliphatic heterocycles. The summed E-state index contributed by atoms with van der Waals surface area (Å²) in [6, 6.07) is 0. The molecule has 2 rings (SSSR count). The number of nitrogen functional groups attached to an aromatic ring is 1. The highest BCUT2D eigenvalue weighted by molar-refractivity contribution is 5.76. The summed E-state index contributed by atoms with van der Waals surface area (Å²) in [6.07, 6.45) is 3.46. The van der Waals surface area contributed by atoms with E-state index in [1.54, 1.807) is 0 Å². The zero-order valence-corrected chi connectivity index (χ0v) is 10.5. The predicted octanol–water partition coefficient (Wildman–Crippen LogP) is 0.326. The minimum absolute atomic E-state index is 0.0390. The number of nitrogens with one attached hydrogen (secondary N) is 2. The molecule has 19 heavy (non-hydrogen) atoms. The number of carbonyl (C=O) groups excluding carboxylic acids is 1. The molecular formula is C11H17FN6O. The lowest BCUT2D eigenvalue weighted by atomic mass is 10.3. The van der Waals surface area contributed by atoms with Gasteiger partial charge in [-0.25, -0.2) is 15.2 Å². The van der Waals surface area contributed by atoms with Crippen LogP contribution < -0.4 is 16.6 Å². The number of hydrogen-bond donors (Lipinski definition) is 3. The molecule has 0 spiro atoms. The predicted molar refractivity (Wildman–Crippen MR) is 68.7 cm³/mol. The Morgan fingerprint density at radius 3 is 2.89 bits per heavy atom. The van der Waals surface area contributed by atoms with Crippen molar-refractivity contribution >= 4 is 17.7 Å². The van der Waals surface area contributed by atoms with Crippen LogP contribution in [0.25, 0.3) is 0 Å². The summed E-state index contributed by atoms with van der Waals surface area (Å²) in [5.74, 6) is 4.81. The maximum absolute atomic E-state index is 13.4. The molecule has 7 nitrogen and oxygen atoms in total. The molecule has 104 valence electrons. The number of hydrazine groups is 1. The minimum atomic E-state index is -0.576. The summed E-state index contributed by atoms with van der Waals surface area (Å²) in [6.45, 7) is 1.97. The van der Waals surface area contributed by atoms with E-state index in [0.29, 0.717) is 13.0 Å². The van der Waals surface area contributed by atoms with Crippen molar-refractivity contribution in [3.05, 3.63) is 12.0 Å². The second-order valence-corrected chi connectivity index (χ2v) is 4.30. The highest BCUT2D eigenvalue weighted by Crippen LogP contribution is 2.12. The van der Waals surface area contributed by atoms with Gasteiger partial charge in [0.25, 0.3) is 0 Å². The number of anilines is 2. The summed E-state index contributed by atoms with van der Waals surface area (Å²) < 4.78 is 13.4. The lowest BCUT2D eigenvalue weighted by Gasteiger charge is -2.15. The molecule has 0 atom stereocenters. The SMILES string of the molecule is NNc1ncc(F)c(NCCC(=O)N2CCCC2)n1. The van der Waals surface area contributed by atoms with Gasteiger partial charge in [-0.05, 0) is 12.8 Å². The highest BCUT2D eigenvalue weighted by atomic mass is 19.1. The lowest BCUT2D eigenvalue weighted by molar-refractivity contribution is -0.129. The molecule has 4 N–H and O–H groups in total. The fourth-order valence-corrected chi connectivity index (χ4v) is 1.97. The Labute approximate surface area is 110 Å². The second kappa shape index (κ2) is 6.28. The highest BCUT2D eigenvalue weighted by Gasteiger charge is 2.17. The van der Waals surface area contributed by atoms with Gasteiger partial charge in [0.05, 0.1) is 6.20 Å². The van der Waals surface area contributed by atoms with Crippen LogP contribution in [0.15, 0.2) is 6.20 Å². The van der Waals surface area contributed by atoms with Crippen molar-refractivity contribution in [3.8, 4) is 0 Å². The number of rotatable bonds is 5. The van der Waals surface area contributed by atoms with E-state index in [4.69, 9.17) is 5.84 Å². The van der Waals surface area contributed by atoms with Crippen molar-refractivity contribution in [2.45, 2.75) is 19.3 Å². The van der Waals surface area contributed by atoms with Gasteiger partial charge in [0.1, 0.15) is 0 Å². The molecule has 1 aliphatic rings. The molecule has 0 bridgehead atoms. The molecule has 1 fully saturated rings. The Balaban J connectivity index is 1.83. The summed E-state index contributed by atoms with van der Waals surface area (Å²) in [4.78, 5) is 21.0. The van der Waals surface area contributed by atoms with E-state index in [9.17, 15) is 9.18 Å². The van der Waals surface area contributed by atoms with E-state index in [-0.39, 0.29) is 17.7 Å². The Kier molecular flexibility index (Phi) is 4.45. The lowest BCUT2D eigenvalue weighted by Crippen LogP contribution is -2.29. The number of likely N-dealkylation sites (tertiary alicyclic amines) is 1. The van der Waals surface area contributed by atoms with Gasteiger partial charge >= 0.3 is 0 Å². The molecule has 1 amide bonds. The Morgan fingerprint density at radius 1 is 1.47 bits per heavy atom. The van der Waals surface area contributed by atoms with E-state index < -0.39 is 5.82 Å². The molecule has 0 unspecified atom stereocenters. The summed E-state index contributed by atoms with van der Waals surface area (Å²) in [7, 11) is 0. The maximum Gasteiger partial charge on any atom is 0.239 e. The van der Waals surface area contributed by atoms with Crippen LogP contribution in [0.1, 0.15) is 19.3 Å². The molecule has 0 aliphatic carbocycles. The van der Waals surface area contributed by atoms with Gasteiger partial charge in [-0.1, -0.05) is 0 Å². The summed E-state index contributed by atoms with van der Waals surface area (Å²) in [5.41, 5.74) is 2.23. The molecule has 1 aromatic rings. The molecule has 8 heteroatoms. The van der Waals surface area contributed by atoms with E-state index in [1.165, 1.54) is 0 Å². The minimum Gasteiger partial charge on any atom is -0.367 e. The number of hydrogen-bond acceptors (Lipinski definition) is 6. The molecule has 1 saturated heterocycles. The van der Waals surface area contributed by atoms with Gasteiger partial charge < -0.3 is 10.2 Å². The quantitative estimate of drug-likeness (QED) is 0.526. The van der Waals surface area contributed by atoms with Gasteiger partial charge in [0, 0.05) is 26.1 Å². The van der Waals surface area contributed by atoms with Crippen LogP contribution in [-0.4, -0.2) is 40.4 Å². The topological polar surface area (TPSA) is 96.2 Å². The van der Waals surface area contributed by atoms with Crippen molar-refractivity contribution in [3.63, 3.8) is 0 Å². The van der Waals surface area contributed by atoms with Crippen molar-refractivity contribution in [2.75, 3.05) is 30.4 Å². The number of carbonyl (C=O) groups is 1. The van der Waals surface area contributed by atoms with Crippen LogP contribution in [0.3, 0.4) is 0 Å². The molecule has 0 radical (unpaired) electrons. The molecule has 2 heterocycles. The average molecular weight is 268 g/mol. The van der Waals surface area contributed by atoms with E-state index in [1.807, 2.05) is 4.90 Å². The zero-order chi connectivity index (χ0) is 13.7. The van der Waals surface area contributed by atoms with Crippen molar-refractivity contribution < 1.29 is 9.18 Å². The van der Waals surface area contributed by atoms with Crippen molar-refractivity contribution in [1.29, 1.82) is 0 Å². The monoisotopic (exact) mass is 268 g/mol. The molecule has 1 aromatic heterocycles. The first-order valence-electron chi connectivity index (χ1n) is 6.21. The number of nitrogens with zero attached hydrogens (tertiary/aromatic N) is 3. The first-order valence-corrected chi connectivity index (χ1v) is 6.21. The van der Waals surface area contributed by atoms with Crippen LogP contribution in [-0.2, 0) is 4.79 Å². The van der Waals surface area contributed by atoms with Crippen molar-refractivity contribution in [2.24, 2.45) is 5.84 Å². The van der Waals surface area contributed by atoms with Crippen LogP contribution >= 0.6 is 0 Å². The van der Waals surface area contributed by atoms with Gasteiger partial charge in [0.15, 0.2) is 11.6 Å². The van der Waals surface area contributed by atoms with E-state index >= 15 is 0 Å². The first kappa shape index (κ1) is 13.5. The zero-order valence-electron chi connectivity index (χ0n) is 10.5. The number of nitrogens with two attached hydrogens (primary N) is 1.